The molecule has 0 aromatic carbocycles. The molecule has 3 rings (SSSR count). The van der Waals surface area contributed by atoms with Gasteiger partial charge in [-0.05, 0) is 24.1 Å². The van der Waals surface area contributed by atoms with Gasteiger partial charge in [-0.1, -0.05) is 13.8 Å². The Morgan fingerprint density at radius 1 is 1.38 bits per heavy atom. The van der Waals surface area contributed by atoms with Gasteiger partial charge in [-0.15, -0.1) is 0 Å². The van der Waals surface area contributed by atoms with Gasteiger partial charge >= 0.3 is 0 Å². The highest BCUT2D eigenvalue weighted by atomic mass is 16.3. The number of aliphatic hydroxyl groups is 1. The van der Waals surface area contributed by atoms with E-state index in [2.05, 4.69) is 34.1 Å². The number of H-pyrrole nitrogens is 1. The van der Waals surface area contributed by atoms with Gasteiger partial charge < -0.3 is 19.8 Å². The number of nitrogens with zero attached hydrogens (tertiary/aromatic N) is 2. The van der Waals surface area contributed by atoms with Gasteiger partial charge in [0, 0.05) is 0 Å². The van der Waals surface area contributed by atoms with E-state index in [1.807, 2.05) is 18.2 Å². The number of nitrogens with one attached hydrogen (secondary N) is 2. The molecule has 21 heavy (non-hydrogen) atoms. The van der Waals surface area contributed by atoms with E-state index in [9.17, 15) is 5.11 Å². The number of hydrogen-bond donors (Lipinski definition) is 3. The van der Waals surface area contributed by atoms with Gasteiger partial charge in [-0.2, -0.15) is 0 Å². The first kappa shape index (κ1) is 13.6. The Morgan fingerprint density at radius 3 is 2.90 bits per heavy atom. The van der Waals surface area contributed by atoms with Crippen molar-refractivity contribution in [1.82, 2.24) is 15.0 Å². The molecular weight excluding hydrogens is 268 g/mol. The maximum absolute atomic E-state index is 9.46. The summed E-state index contributed by atoms with van der Waals surface area (Å²) in [6.07, 6.45) is 3.13. The van der Waals surface area contributed by atoms with Crippen LogP contribution in [0.25, 0.3) is 22.5 Å². The summed E-state index contributed by atoms with van der Waals surface area (Å²) in [7, 11) is 0. The van der Waals surface area contributed by atoms with E-state index in [-0.39, 0.29) is 12.6 Å². The lowest BCUT2D eigenvalue weighted by Gasteiger charge is -2.20. The van der Waals surface area contributed by atoms with Crippen molar-refractivity contribution in [2.45, 2.75) is 19.9 Å². The highest BCUT2D eigenvalue weighted by Crippen LogP contribution is 2.27. The summed E-state index contributed by atoms with van der Waals surface area (Å²) in [6.45, 7) is 4.16. The average molecular weight is 286 g/mol. The third-order valence-corrected chi connectivity index (χ3v) is 3.54. The zero-order valence-corrected chi connectivity index (χ0v) is 12.0. The van der Waals surface area contributed by atoms with Gasteiger partial charge in [0.05, 0.1) is 30.0 Å². The minimum absolute atomic E-state index is 0.0509. The molecular formula is C15H18N4O2. The van der Waals surface area contributed by atoms with Crippen LogP contribution in [0.2, 0.25) is 0 Å². The van der Waals surface area contributed by atoms with E-state index in [1.165, 1.54) is 6.33 Å². The minimum Gasteiger partial charge on any atom is -0.463 e. The van der Waals surface area contributed by atoms with Crippen LogP contribution in [0.15, 0.2) is 35.2 Å². The second kappa shape index (κ2) is 5.57. The third-order valence-electron chi connectivity index (χ3n) is 3.54. The number of furan rings is 1. The molecule has 6 nitrogen and oxygen atoms in total. The second-order valence-electron chi connectivity index (χ2n) is 5.32. The molecule has 3 aromatic rings. The van der Waals surface area contributed by atoms with Crippen molar-refractivity contribution in [3.8, 4) is 11.5 Å². The molecule has 0 aliphatic rings. The number of aliphatic hydroxyl groups excluding tert-OH is 1. The number of aromatic nitrogens is 3. The number of rotatable bonds is 5. The fraction of sp³-hybridized carbons (Fsp3) is 0.333. The molecule has 0 fully saturated rings. The van der Waals surface area contributed by atoms with E-state index in [0.717, 1.165) is 22.5 Å². The first-order chi connectivity index (χ1) is 10.2. The number of anilines is 1. The highest BCUT2D eigenvalue weighted by molar-refractivity contribution is 5.91. The van der Waals surface area contributed by atoms with Gasteiger partial charge in [-0.25, -0.2) is 9.97 Å². The molecule has 3 aromatic heterocycles. The topological polar surface area (TPSA) is 87.0 Å². The Hall–Kier alpha value is -2.34. The molecule has 0 aliphatic heterocycles. The van der Waals surface area contributed by atoms with Crippen molar-refractivity contribution in [3.63, 3.8) is 0 Å². The summed E-state index contributed by atoms with van der Waals surface area (Å²) < 4.78 is 5.39. The van der Waals surface area contributed by atoms with E-state index in [0.29, 0.717) is 11.7 Å². The quantitative estimate of drug-likeness (QED) is 0.671. The fourth-order valence-corrected chi connectivity index (χ4v) is 2.22. The van der Waals surface area contributed by atoms with Crippen LogP contribution < -0.4 is 5.32 Å². The summed E-state index contributed by atoms with van der Waals surface area (Å²) in [5.41, 5.74) is 1.59. The van der Waals surface area contributed by atoms with E-state index in [4.69, 9.17) is 4.42 Å². The van der Waals surface area contributed by atoms with Crippen LogP contribution in [-0.4, -0.2) is 32.7 Å². The Morgan fingerprint density at radius 2 is 2.24 bits per heavy atom. The number of fused-ring (bicyclic) bond motifs is 1. The summed E-state index contributed by atoms with van der Waals surface area (Å²) >= 11 is 0. The lowest BCUT2D eigenvalue weighted by Crippen LogP contribution is -2.29. The Labute approximate surface area is 122 Å². The van der Waals surface area contributed by atoms with Gasteiger partial charge in [0.15, 0.2) is 0 Å². The van der Waals surface area contributed by atoms with Crippen molar-refractivity contribution in [1.29, 1.82) is 0 Å². The van der Waals surface area contributed by atoms with E-state index in [1.54, 1.807) is 6.26 Å². The maximum Gasteiger partial charge on any atom is 0.150 e. The summed E-state index contributed by atoms with van der Waals surface area (Å²) in [6, 6.07) is 5.62. The van der Waals surface area contributed by atoms with Crippen LogP contribution in [-0.2, 0) is 0 Å². The lowest BCUT2D eigenvalue weighted by atomic mass is 10.1. The van der Waals surface area contributed by atoms with Crippen molar-refractivity contribution >= 4 is 16.9 Å². The zero-order valence-electron chi connectivity index (χ0n) is 12.0. The monoisotopic (exact) mass is 286 g/mol. The fourth-order valence-electron chi connectivity index (χ4n) is 2.22. The molecule has 6 heteroatoms. The molecule has 3 heterocycles. The van der Waals surface area contributed by atoms with E-state index < -0.39 is 0 Å². The first-order valence-electron chi connectivity index (χ1n) is 6.94. The Balaban J connectivity index is 2.00. The van der Waals surface area contributed by atoms with Crippen LogP contribution in [0.4, 0.5) is 5.82 Å². The van der Waals surface area contributed by atoms with Crippen molar-refractivity contribution in [2.75, 3.05) is 11.9 Å². The van der Waals surface area contributed by atoms with Crippen molar-refractivity contribution < 1.29 is 9.52 Å². The third kappa shape index (κ3) is 2.62. The lowest BCUT2D eigenvalue weighted by molar-refractivity contribution is 0.249. The summed E-state index contributed by atoms with van der Waals surface area (Å²) in [4.78, 5) is 11.7. The van der Waals surface area contributed by atoms with Gasteiger partial charge in [0.1, 0.15) is 23.6 Å². The standard InChI is InChI=1S/C15H18N4O2/c1-9(2)12(7-20)19-15-10-6-11(13-4-3-5-21-13)18-14(10)16-8-17-15/h3-6,8-9,12,20H,7H2,1-2H3,(H2,16,17,18,19)/t12-/m0/s1. The molecule has 0 radical (unpaired) electrons. The van der Waals surface area contributed by atoms with Crippen LogP contribution in [0.5, 0.6) is 0 Å². The first-order valence-corrected chi connectivity index (χ1v) is 6.94. The molecule has 0 spiro atoms. The predicted molar refractivity (Wildman–Crippen MR) is 80.9 cm³/mol. The van der Waals surface area contributed by atoms with Crippen LogP contribution in [0, 0.1) is 5.92 Å². The zero-order chi connectivity index (χ0) is 14.8. The number of aromatic amines is 1. The molecule has 3 N–H and O–H groups in total. The minimum atomic E-state index is -0.0509. The Kier molecular flexibility index (Phi) is 3.62. The molecule has 0 aliphatic carbocycles. The largest absolute Gasteiger partial charge is 0.463 e. The van der Waals surface area contributed by atoms with Crippen LogP contribution in [0.1, 0.15) is 13.8 Å². The molecule has 0 saturated carbocycles. The molecule has 0 amide bonds. The van der Waals surface area contributed by atoms with Gasteiger partial charge in [0.25, 0.3) is 0 Å². The SMILES string of the molecule is CC(C)[C@H](CO)Nc1ncnc2[nH]c(-c3ccco3)cc12. The van der Waals surface area contributed by atoms with Crippen LogP contribution >= 0.6 is 0 Å². The average Bonchev–Trinajstić information content (AvgIpc) is 3.12. The highest BCUT2D eigenvalue weighted by Gasteiger charge is 2.16. The summed E-state index contributed by atoms with van der Waals surface area (Å²) in [5, 5.41) is 13.6. The normalized spacial score (nSPS) is 13.0. The molecule has 1 atom stereocenters. The molecule has 0 unspecified atom stereocenters. The van der Waals surface area contributed by atoms with Gasteiger partial charge in [0.2, 0.25) is 0 Å². The van der Waals surface area contributed by atoms with E-state index >= 15 is 0 Å². The molecule has 0 saturated heterocycles. The predicted octanol–water partition coefficient (Wildman–Crippen LogP) is 2.65. The summed E-state index contributed by atoms with van der Waals surface area (Å²) in [5.74, 6) is 1.76. The van der Waals surface area contributed by atoms with Crippen LogP contribution in [0.3, 0.4) is 0 Å². The van der Waals surface area contributed by atoms with Gasteiger partial charge in [-0.3, -0.25) is 0 Å². The molecule has 110 valence electrons. The maximum atomic E-state index is 9.46. The second-order valence-corrected chi connectivity index (χ2v) is 5.32. The molecule has 0 bridgehead atoms. The smallest absolute Gasteiger partial charge is 0.150 e. The van der Waals surface area contributed by atoms with Crippen molar-refractivity contribution in [3.05, 3.63) is 30.8 Å². The Bertz CT molecular complexity index is 718. The van der Waals surface area contributed by atoms with Crippen molar-refractivity contribution in [2.24, 2.45) is 5.92 Å². The number of hydrogen-bond acceptors (Lipinski definition) is 5.